The zero-order chi connectivity index (χ0) is 22.1. The van der Waals surface area contributed by atoms with Gasteiger partial charge in [-0.05, 0) is 55.4 Å². The number of fused-ring (bicyclic) bond motifs is 2. The van der Waals surface area contributed by atoms with Crippen LogP contribution in [0, 0.1) is 0 Å². The number of amides is 2. The zero-order valence-corrected chi connectivity index (χ0v) is 18.4. The van der Waals surface area contributed by atoms with Gasteiger partial charge in [0.1, 0.15) is 5.69 Å². The number of methoxy groups -OCH3 is 1. The normalized spacial score (nSPS) is 23.7. The molecule has 3 aliphatic rings. The third-order valence-electron chi connectivity index (χ3n) is 7.38. The number of ether oxygens (including phenoxy) is 1. The van der Waals surface area contributed by atoms with E-state index in [4.69, 9.17) is 4.74 Å². The second-order valence-electron chi connectivity index (χ2n) is 8.98. The molecule has 166 valence electrons. The molecule has 2 aromatic rings. The molecule has 0 radical (unpaired) electrons. The molecule has 6 heteroatoms. The number of hydrogen-bond donors (Lipinski definition) is 1. The van der Waals surface area contributed by atoms with Gasteiger partial charge in [0.05, 0.1) is 12.1 Å². The molecule has 6 nitrogen and oxygen atoms in total. The van der Waals surface area contributed by atoms with Crippen molar-refractivity contribution in [2.45, 2.75) is 49.7 Å². The van der Waals surface area contributed by atoms with Crippen LogP contribution >= 0.6 is 0 Å². The molecule has 2 atom stereocenters. The summed E-state index contributed by atoms with van der Waals surface area (Å²) < 4.78 is 6.08. The maximum Gasteiger partial charge on any atom is 0.270 e. The Morgan fingerprint density at radius 2 is 1.91 bits per heavy atom. The Hall–Kier alpha value is -2.99. The molecule has 1 aromatic carbocycles. The van der Waals surface area contributed by atoms with Gasteiger partial charge >= 0.3 is 0 Å². The van der Waals surface area contributed by atoms with Crippen LogP contribution in [0.25, 0.3) is 0 Å². The molecule has 5 rings (SSSR count). The van der Waals surface area contributed by atoms with E-state index in [9.17, 15) is 9.59 Å². The van der Waals surface area contributed by atoms with Crippen molar-refractivity contribution < 1.29 is 14.3 Å². The number of hydrogen-bond acceptors (Lipinski definition) is 4. The summed E-state index contributed by atoms with van der Waals surface area (Å²) in [4.78, 5) is 32.1. The van der Waals surface area contributed by atoms with Crippen LogP contribution in [0.15, 0.2) is 60.3 Å². The Kier molecular flexibility index (Phi) is 5.55. The highest BCUT2D eigenvalue weighted by Gasteiger charge is 2.54. The lowest BCUT2D eigenvalue weighted by Crippen LogP contribution is -2.51. The number of aromatic nitrogens is 1. The van der Waals surface area contributed by atoms with Crippen LogP contribution in [-0.2, 0) is 14.9 Å². The Labute approximate surface area is 188 Å². The molecule has 2 heterocycles. The van der Waals surface area contributed by atoms with Crippen molar-refractivity contribution in [3.8, 4) is 0 Å². The van der Waals surface area contributed by atoms with Crippen LogP contribution in [0.2, 0.25) is 0 Å². The lowest BCUT2D eigenvalue weighted by atomic mass is 9.71. The fourth-order valence-corrected chi connectivity index (χ4v) is 5.82. The van der Waals surface area contributed by atoms with Crippen LogP contribution < -0.4 is 5.32 Å². The topological polar surface area (TPSA) is 71.5 Å². The molecule has 2 aliphatic carbocycles. The molecule has 2 amide bonds. The number of nitrogens with one attached hydrogen (secondary N) is 1. The Morgan fingerprint density at radius 3 is 2.59 bits per heavy atom. The summed E-state index contributed by atoms with van der Waals surface area (Å²) in [7, 11) is 1.72. The van der Waals surface area contributed by atoms with Crippen LogP contribution in [0.3, 0.4) is 0 Å². The minimum atomic E-state index is -0.259. The van der Waals surface area contributed by atoms with E-state index >= 15 is 0 Å². The third-order valence-corrected chi connectivity index (χ3v) is 7.38. The summed E-state index contributed by atoms with van der Waals surface area (Å²) >= 11 is 0. The Balaban J connectivity index is 1.41. The van der Waals surface area contributed by atoms with E-state index in [1.54, 1.807) is 25.4 Å². The third kappa shape index (κ3) is 3.43. The van der Waals surface area contributed by atoms with Crippen LogP contribution in [0.4, 0.5) is 0 Å². The monoisotopic (exact) mass is 431 g/mol. The van der Waals surface area contributed by atoms with Gasteiger partial charge < -0.3 is 15.0 Å². The fourth-order valence-electron chi connectivity index (χ4n) is 5.82. The number of piperidine rings is 1. The highest BCUT2D eigenvalue weighted by molar-refractivity contribution is 5.94. The smallest absolute Gasteiger partial charge is 0.270 e. The molecule has 0 saturated carbocycles. The average Bonchev–Trinajstić information content (AvgIpc) is 3.46. The first kappa shape index (κ1) is 20.9. The number of nitrogens with zero attached hydrogens (tertiary/aromatic N) is 2. The molecular weight excluding hydrogens is 402 g/mol. The molecular formula is C26H29N3O3. The number of likely N-dealkylation sites (tertiary alicyclic amines) is 1. The van der Waals surface area contributed by atoms with E-state index < -0.39 is 0 Å². The van der Waals surface area contributed by atoms with Crippen molar-refractivity contribution in [1.82, 2.24) is 15.2 Å². The molecule has 0 bridgehead atoms. The minimum absolute atomic E-state index is 0.192. The molecule has 0 unspecified atom stereocenters. The van der Waals surface area contributed by atoms with Crippen molar-refractivity contribution in [3.63, 3.8) is 0 Å². The van der Waals surface area contributed by atoms with Gasteiger partial charge in [-0.2, -0.15) is 0 Å². The minimum Gasteiger partial charge on any atom is -0.378 e. The number of rotatable bonds is 4. The first-order valence-electron chi connectivity index (χ1n) is 11.5. The van der Waals surface area contributed by atoms with Crippen LogP contribution in [0.1, 0.15) is 59.8 Å². The molecule has 1 aromatic heterocycles. The zero-order valence-electron chi connectivity index (χ0n) is 18.4. The fraction of sp³-hybridized carbons (Fsp3) is 0.423. The first-order chi connectivity index (χ1) is 15.6. The molecule has 1 saturated heterocycles. The lowest BCUT2D eigenvalue weighted by Gasteiger charge is -2.44. The summed E-state index contributed by atoms with van der Waals surface area (Å²) in [5, 5.41) is 3.19. The first-order valence-corrected chi connectivity index (χ1v) is 11.5. The maximum absolute atomic E-state index is 12.9. The summed E-state index contributed by atoms with van der Waals surface area (Å²) in [6.45, 7) is 1.40. The molecule has 1 fully saturated rings. The molecule has 1 aliphatic heterocycles. The number of allylic oxidation sites excluding steroid dienone is 1. The number of pyridine rings is 1. The summed E-state index contributed by atoms with van der Waals surface area (Å²) in [5.41, 5.74) is 3.46. The van der Waals surface area contributed by atoms with Crippen LogP contribution in [0.5, 0.6) is 0 Å². The van der Waals surface area contributed by atoms with E-state index in [1.807, 2.05) is 17.0 Å². The molecule has 1 spiro atoms. The SMILES string of the molecule is CO[C@H]1[C@H](NC(=O)c2ccccn2)c2ccccc2C12CCN(C(=O)C1=CCCC1)CC2. The van der Waals surface area contributed by atoms with Crippen molar-refractivity contribution in [3.05, 3.63) is 77.1 Å². The maximum atomic E-state index is 12.9. The van der Waals surface area contributed by atoms with Gasteiger partial charge in [-0.1, -0.05) is 36.4 Å². The van der Waals surface area contributed by atoms with E-state index in [1.165, 1.54) is 5.56 Å². The van der Waals surface area contributed by atoms with Crippen LogP contribution in [-0.4, -0.2) is 48.0 Å². The summed E-state index contributed by atoms with van der Waals surface area (Å²) in [6, 6.07) is 13.4. The van der Waals surface area contributed by atoms with E-state index in [2.05, 4.69) is 34.6 Å². The van der Waals surface area contributed by atoms with Gasteiger partial charge in [0, 0.05) is 37.4 Å². The van der Waals surface area contributed by atoms with E-state index in [0.29, 0.717) is 18.8 Å². The van der Waals surface area contributed by atoms with Crippen molar-refractivity contribution >= 4 is 11.8 Å². The summed E-state index contributed by atoms with van der Waals surface area (Å²) in [6.07, 6.45) is 8.14. The van der Waals surface area contributed by atoms with E-state index in [-0.39, 0.29) is 29.4 Å². The van der Waals surface area contributed by atoms with Gasteiger partial charge in [0.2, 0.25) is 5.91 Å². The van der Waals surface area contributed by atoms with Crippen molar-refractivity contribution in [2.24, 2.45) is 0 Å². The highest BCUT2D eigenvalue weighted by atomic mass is 16.5. The largest absolute Gasteiger partial charge is 0.378 e. The number of benzene rings is 1. The van der Waals surface area contributed by atoms with Gasteiger partial charge in [0.15, 0.2) is 0 Å². The molecule has 1 N–H and O–H groups in total. The van der Waals surface area contributed by atoms with E-state index in [0.717, 1.165) is 43.2 Å². The number of carbonyl (C=O) groups is 2. The second-order valence-corrected chi connectivity index (χ2v) is 8.98. The van der Waals surface area contributed by atoms with Crippen molar-refractivity contribution in [2.75, 3.05) is 20.2 Å². The Morgan fingerprint density at radius 1 is 1.12 bits per heavy atom. The number of carbonyl (C=O) groups excluding carboxylic acids is 2. The predicted molar refractivity (Wildman–Crippen MR) is 121 cm³/mol. The second kappa shape index (κ2) is 8.51. The standard InChI is InChI=1S/C26H29N3O3/c1-32-23-22(28-24(30)21-12-6-7-15-27-21)19-10-4-5-11-20(19)26(23)13-16-29(17-14-26)25(31)18-8-2-3-9-18/h4-8,10-12,15,22-23H,2-3,9,13-14,16-17H2,1H3,(H,28,30)/t22-,23+/m1/s1. The molecule has 32 heavy (non-hydrogen) atoms. The lowest BCUT2D eigenvalue weighted by molar-refractivity contribution is -0.129. The highest BCUT2D eigenvalue weighted by Crippen LogP contribution is 2.52. The Bertz CT molecular complexity index is 1040. The summed E-state index contributed by atoms with van der Waals surface area (Å²) in [5.74, 6) is -0.0112. The van der Waals surface area contributed by atoms with Crippen molar-refractivity contribution in [1.29, 1.82) is 0 Å². The predicted octanol–water partition coefficient (Wildman–Crippen LogP) is 3.55. The quantitative estimate of drug-likeness (QED) is 0.804. The average molecular weight is 432 g/mol. The van der Waals surface area contributed by atoms with Gasteiger partial charge in [0.25, 0.3) is 5.91 Å². The van der Waals surface area contributed by atoms with Gasteiger partial charge in [-0.25, -0.2) is 0 Å². The van der Waals surface area contributed by atoms with Gasteiger partial charge in [-0.3, -0.25) is 14.6 Å². The van der Waals surface area contributed by atoms with Gasteiger partial charge in [-0.15, -0.1) is 0 Å².